The van der Waals surface area contributed by atoms with Gasteiger partial charge in [-0.1, -0.05) is 72.8 Å². The predicted molar refractivity (Wildman–Crippen MR) is 106 cm³/mol. The summed E-state index contributed by atoms with van der Waals surface area (Å²) >= 11 is 0. The van der Waals surface area contributed by atoms with Crippen LogP contribution < -0.4 is 0 Å². The Bertz CT molecular complexity index is 1220. The minimum Gasteiger partial charge on any atom is -0.464 e. The predicted octanol–water partition coefficient (Wildman–Crippen LogP) is 6.28. The lowest BCUT2D eigenvalue weighted by molar-refractivity contribution is -0.175. The SMILES string of the molecule is FC(F)(F)[C@@]1(c2ccccc2)N=C(Cc2coc3ccccc23)c2ccccc21. The molecule has 0 amide bonds. The first-order valence-corrected chi connectivity index (χ1v) is 9.27. The topological polar surface area (TPSA) is 25.5 Å². The van der Waals surface area contributed by atoms with Gasteiger partial charge in [-0.15, -0.1) is 0 Å². The van der Waals surface area contributed by atoms with Gasteiger partial charge in [0.15, 0.2) is 0 Å². The zero-order chi connectivity index (χ0) is 20.1. The zero-order valence-corrected chi connectivity index (χ0v) is 15.3. The van der Waals surface area contributed by atoms with E-state index in [1.807, 2.05) is 24.3 Å². The molecule has 5 rings (SSSR count). The molecule has 2 nitrogen and oxygen atoms in total. The third-order valence-corrected chi connectivity index (χ3v) is 5.45. The smallest absolute Gasteiger partial charge is 0.422 e. The lowest BCUT2D eigenvalue weighted by Crippen LogP contribution is -2.40. The summed E-state index contributed by atoms with van der Waals surface area (Å²) in [6.45, 7) is 0. The van der Waals surface area contributed by atoms with E-state index >= 15 is 0 Å². The van der Waals surface area contributed by atoms with Crippen LogP contribution in [0.1, 0.15) is 22.3 Å². The van der Waals surface area contributed by atoms with Crippen molar-refractivity contribution in [3.8, 4) is 0 Å². The van der Waals surface area contributed by atoms with Crippen molar-refractivity contribution in [1.29, 1.82) is 0 Å². The number of alkyl halides is 3. The van der Waals surface area contributed by atoms with Gasteiger partial charge < -0.3 is 4.42 Å². The molecule has 0 spiro atoms. The lowest BCUT2D eigenvalue weighted by atomic mass is 9.82. The quantitative estimate of drug-likeness (QED) is 0.403. The lowest BCUT2D eigenvalue weighted by Gasteiger charge is -2.30. The molecule has 1 aromatic heterocycles. The summed E-state index contributed by atoms with van der Waals surface area (Å²) in [5.74, 6) is 0. The van der Waals surface area contributed by atoms with Crippen molar-refractivity contribution in [3.05, 3.63) is 107 Å². The summed E-state index contributed by atoms with van der Waals surface area (Å²) in [6.07, 6.45) is -2.71. The van der Waals surface area contributed by atoms with Gasteiger partial charge >= 0.3 is 6.18 Å². The molecule has 0 radical (unpaired) electrons. The molecule has 0 saturated carbocycles. The number of furan rings is 1. The standard InChI is InChI=1S/C24H16F3NO/c25-24(26,27)23(17-8-2-1-3-9-17)20-12-6-4-11-19(20)21(28-23)14-16-15-29-22-13-7-5-10-18(16)22/h1-13,15H,14H2/t23-/m0/s1. The number of hydrogen-bond acceptors (Lipinski definition) is 2. The first kappa shape index (κ1) is 17.7. The van der Waals surface area contributed by atoms with Crippen LogP contribution >= 0.6 is 0 Å². The van der Waals surface area contributed by atoms with Gasteiger partial charge in [-0.05, 0) is 11.6 Å². The van der Waals surface area contributed by atoms with Crippen molar-refractivity contribution < 1.29 is 17.6 Å². The van der Waals surface area contributed by atoms with Crippen molar-refractivity contribution in [2.45, 2.75) is 18.1 Å². The van der Waals surface area contributed by atoms with Crippen LogP contribution in [0.5, 0.6) is 0 Å². The highest BCUT2D eigenvalue weighted by Gasteiger charge is 2.60. The molecule has 1 aliphatic rings. The van der Waals surface area contributed by atoms with Crippen LogP contribution in [0.25, 0.3) is 11.0 Å². The monoisotopic (exact) mass is 391 g/mol. The highest BCUT2D eigenvalue weighted by atomic mass is 19.4. The maximum absolute atomic E-state index is 14.6. The number of halogens is 3. The molecule has 4 aromatic rings. The van der Waals surface area contributed by atoms with E-state index < -0.39 is 11.7 Å². The van der Waals surface area contributed by atoms with E-state index in [4.69, 9.17) is 4.42 Å². The highest BCUT2D eigenvalue weighted by Crippen LogP contribution is 2.52. The van der Waals surface area contributed by atoms with Gasteiger partial charge in [0, 0.05) is 34.2 Å². The Balaban J connectivity index is 1.72. The number of rotatable bonds is 3. The average Bonchev–Trinajstić information content (AvgIpc) is 3.29. The number of benzene rings is 3. The molecule has 0 fully saturated rings. The van der Waals surface area contributed by atoms with Crippen LogP contribution in [0, 0.1) is 0 Å². The fourth-order valence-electron chi connectivity index (χ4n) is 4.14. The van der Waals surface area contributed by atoms with Crippen LogP contribution in [0.4, 0.5) is 13.2 Å². The number of aliphatic imine (C=N–C) groups is 1. The molecular weight excluding hydrogens is 375 g/mol. The molecule has 0 unspecified atom stereocenters. The minimum atomic E-state index is -4.58. The molecule has 1 aliphatic heterocycles. The van der Waals surface area contributed by atoms with Crippen molar-refractivity contribution in [1.82, 2.24) is 0 Å². The Labute approximate surface area is 165 Å². The summed E-state index contributed by atoms with van der Waals surface area (Å²) < 4.78 is 49.3. The third-order valence-electron chi connectivity index (χ3n) is 5.45. The molecule has 0 aliphatic carbocycles. The fraction of sp³-hybridized carbons (Fsp3) is 0.125. The van der Waals surface area contributed by atoms with E-state index in [0.717, 1.165) is 10.9 Å². The summed E-state index contributed by atoms with van der Waals surface area (Å²) in [4.78, 5) is 4.36. The Hall–Kier alpha value is -3.34. The first-order valence-electron chi connectivity index (χ1n) is 9.27. The van der Waals surface area contributed by atoms with Gasteiger partial charge in [-0.2, -0.15) is 13.2 Å². The van der Waals surface area contributed by atoms with Gasteiger partial charge in [0.1, 0.15) is 5.58 Å². The first-order chi connectivity index (χ1) is 14.0. The molecule has 0 N–H and O–H groups in total. The van der Waals surface area contributed by atoms with Crippen molar-refractivity contribution in [2.75, 3.05) is 0 Å². The Morgan fingerprint density at radius 2 is 1.52 bits per heavy atom. The Morgan fingerprint density at radius 3 is 2.31 bits per heavy atom. The average molecular weight is 391 g/mol. The van der Waals surface area contributed by atoms with Gasteiger partial charge in [-0.3, -0.25) is 4.99 Å². The number of nitrogens with zero attached hydrogens (tertiary/aromatic N) is 1. The van der Waals surface area contributed by atoms with E-state index in [2.05, 4.69) is 4.99 Å². The zero-order valence-electron chi connectivity index (χ0n) is 15.3. The molecule has 0 saturated heterocycles. The number of hydrogen-bond donors (Lipinski definition) is 0. The van der Waals surface area contributed by atoms with Gasteiger partial charge in [0.25, 0.3) is 0 Å². The van der Waals surface area contributed by atoms with Crippen molar-refractivity contribution >= 4 is 16.7 Å². The van der Waals surface area contributed by atoms with E-state index in [0.29, 0.717) is 16.9 Å². The molecule has 29 heavy (non-hydrogen) atoms. The number of para-hydroxylation sites is 1. The van der Waals surface area contributed by atoms with Crippen molar-refractivity contribution in [3.63, 3.8) is 0 Å². The van der Waals surface area contributed by atoms with Crippen molar-refractivity contribution in [2.24, 2.45) is 4.99 Å². The Kier molecular flexibility index (Phi) is 3.88. The fourth-order valence-corrected chi connectivity index (χ4v) is 4.14. The van der Waals surface area contributed by atoms with E-state index in [9.17, 15) is 13.2 Å². The molecule has 144 valence electrons. The molecule has 1 atom stereocenters. The Morgan fingerprint density at radius 1 is 0.828 bits per heavy atom. The molecule has 5 heteroatoms. The molecule has 3 aromatic carbocycles. The van der Waals surface area contributed by atoms with Crippen LogP contribution in [-0.4, -0.2) is 11.9 Å². The van der Waals surface area contributed by atoms with Crippen LogP contribution in [0.2, 0.25) is 0 Å². The second-order valence-electron chi connectivity index (χ2n) is 7.11. The summed E-state index contributed by atoms with van der Waals surface area (Å²) in [5.41, 5.74) is 0.347. The summed E-state index contributed by atoms with van der Waals surface area (Å²) in [6, 6.07) is 22.0. The second-order valence-corrected chi connectivity index (χ2v) is 7.11. The summed E-state index contributed by atoms with van der Waals surface area (Å²) in [7, 11) is 0. The van der Waals surface area contributed by atoms with Crippen LogP contribution in [0.3, 0.4) is 0 Å². The number of fused-ring (bicyclic) bond motifs is 2. The van der Waals surface area contributed by atoms with Gasteiger partial charge in [0.2, 0.25) is 5.54 Å². The maximum atomic E-state index is 14.6. The third kappa shape index (κ3) is 2.61. The highest BCUT2D eigenvalue weighted by molar-refractivity contribution is 6.07. The van der Waals surface area contributed by atoms with Gasteiger partial charge in [0.05, 0.1) is 6.26 Å². The minimum absolute atomic E-state index is 0.118. The van der Waals surface area contributed by atoms with E-state index in [1.54, 1.807) is 42.7 Å². The molecular formula is C24H16F3NO. The normalized spacial score (nSPS) is 18.7. The molecule has 0 bridgehead atoms. The van der Waals surface area contributed by atoms with E-state index in [-0.39, 0.29) is 17.5 Å². The largest absolute Gasteiger partial charge is 0.464 e. The van der Waals surface area contributed by atoms with Crippen LogP contribution in [0.15, 0.2) is 94.5 Å². The van der Waals surface area contributed by atoms with Gasteiger partial charge in [-0.25, -0.2) is 0 Å². The molecule has 2 heterocycles. The maximum Gasteiger partial charge on any atom is 0.422 e. The van der Waals surface area contributed by atoms with Crippen LogP contribution in [-0.2, 0) is 12.0 Å². The second kappa shape index (κ2) is 6.34. The summed E-state index contributed by atoms with van der Waals surface area (Å²) in [5, 5.41) is 0.886. The van der Waals surface area contributed by atoms with E-state index in [1.165, 1.54) is 18.2 Å².